The van der Waals surface area contributed by atoms with E-state index in [1.807, 2.05) is 0 Å². The first-order valence-electron chi connectivity index (χ1n) is 6.31. The minimum atomic E-state index is -4.16. The van der Waals surface area contributed by atoms with Crippen LogP contribution in [0.3, 0.4) is 0 Å². The van der Waals surface area contributed by atoms with Gasteiger partial charge in [0.25, 0.3) is 0 Å². The molecule has 1 aromatic rings. The zero-order valence-electron chi connectivity index (χ0n) is 11.9. The molecule has 0 unspecified atom stereocenters. The van der Waals surface area contributed by atoms with Crippen LogP contribution in [0.5, 0.6) is 0 Å². The molecule has 1 aliphatic heterocycles. The number of nitrogens with two attached hydrogens (primary N) is 1. The fraction of sp³-hybridized carbons (Fsp3) is 0.455. The van der Waals surface area contributed by atoms with Gasteiger partial charge in [0, 0.05) is 11.8 Å². The first-order valence-corrected chi connectivity index (χ1v) is 8.94. The first-order chi connectivity index (χ1) is 10.5. The number of nitrogen functional groups attached to an aromatic ring is 1. The molecule has 1 aromatic heterocycles. The molecule has 0 aliphatic carbocycles. The second-order valence-electron chi connectivity index (χ2n) is 4.99. The molecule has 23 heavy (non-hydrogen) atoms. The third-order valence-corrected chi connectivity index (χ3v) is 4.02. The van der Waals surface area contributed by atoms with Gasteiger partial charge in [-0.2, -0.15) is 4.98 Å². The van der Waals surface area contributed by atoms with E-state index >= 15 is 0 Å². The van der Waals surface area contributed by atoms with Crippen LogP contribution >= 0.6 is 6.72 Å². The largest absolute Gasteiger partial charge is 0.510 e. The van der Waals surface area contributed by atoms with Crippen LogP contribution in [-0.4, -0.2) is 47.9 Å². The summed E-state index contributed by atoms with van der Waals surface area (Å²) in [6.45, 7) is 0.702. The number of hydrogen-bond donors (Lipinski definition) is 5. The highest BCUT2D eigenvalue weighted by atomic mass is 32.5. The van der Waals surface area contributed by atoms with Crippen LogP contribution in [0.4, 0.5) is 5.82 Å². The van der Waals surface area contributed by atoms with Gasteiger partial charge in [0.05, 0.1) is 0 Å². The van der Waals surface area contributed by atoms with Crippen molar-refractivity contribution in [3.8, 4) is 0 Å². The number of nitrogens with zero attached hydrogens (tertiary/aromatic N) is 2. The van der Waals surface area contributed by atoms with Crippen molar-refractivity contribution in [2.45, 2.75) is 31.5 Å². The predicted molar refractivity (Wildman–Crippen MR) is 82.9 cm³/mol. The number of ether oxygens (including phenoxy) is 1. The van der Waals surface area contributed by atoms with Crippen LogP contribution in [-0.2, 0) is 21.1 Å². The van der Waals surface area contributed by atoms with Crippen molar-refractivity contribution in [3.63, 3.8) is 0 Å². The van der Waals surface area contributed by atoms with Crippen molar-refractivity contribution in [1.82, 2.24) is 9.55 Å². The van der Waals surface area contributed by atoms with Crippen LogP contribution in [0.15, 0.2) is 23.3 Å². The molecule has 10 nitrogen and oxygen atoms in total. The van der Waals surface area contributed by atoms with Crippen LogP contribution < -0.4 is 11.4 Å². The van der Waals surface area contributed by atoms with Gasteiger partial charge in [-0.1, -0.05) is 6.58 Å². The van der Waals surface area contributed by atoms with Gasteiger partial charge in [0.1, 0.15) is 29.9 Å². The first kappa shape index (κ1) is 18.0. The van der Waals surface area contributed by atoms with Crippen molar-refractivity contribution in [1.29, 1.82) is 0 Å². The Hall–Kier alpha value is -1.33. The number of hydrogen-bond acceptors (Lipinski definition) is 8. The maximum Gasteiger partial charge on any atom is 0.351 e. The molecule has 0 radical (unpaired) electrons. The van der Waals surface area contributed by atoms with Crippen LogP contribution in [0.25, 0.3) is 0 Å². The Bertz CT molecular complexity index is 733. The monoisotopic (exact) mass is 365 g/mol. The number of anilines is 1. The van der Waals surface area contributed by atoms with Crippen molar-refractivity contribution >= 4 is 24.3 Å². The number of aryl methyl sites for hydroxylation is 1. The van der Waals surface area contributed by atoms with Crippen LogP contribution in [0.1, 0.15) is 11.8 Å². The van der Waals surface area contributed by atoms with Crippen molar-refractivity contribution in [2.24, 2.45) is 0 Å². The quantitative estimate of drug-likeness (QED) is 0.333. The molecule has 6 N–H and O–H groups in total. The summed E-state index contributed by atoms with van der Waals surface area (Å²) in [5, 5.41) is 19.8. The summed E-state index contributed by atoms with van der Waals surface area (Å²) in [6.07, 6.45) is -4.29. The minimum absolute atomic E-state index is 0.0240. The molecule has 4 atom stereocenters. The van der Waals surface area contributed by atoms with E-state index in [0.717, 1.165) is 4.57 Å². The molecule has 0 spiro atoms. The van der Waals surface area contributed by atoms with E-state index in [1.165, 1.54) is 6.20 Å². The standard InChI is InChI=1S/C11H16N3O7PS/c1-4-3-14(11(17)13-9(4)12)10-6(16)8(21-22(18,19)23)7(20-10)5(2)15/h3,6-8,10,15-16H,2H2,1H3,(H2,12,13,17)(H2,18,19,23)/t6-,7-,8+,10-/m1/s1. The maximum absolute atomic E-state index is 11.9. The highest BCUT2D eigenvalue weighted by Crippen LogP contribution is 2.44. The molecule has 0 amide bonds. The summed E-state index contributed by atoms with van der Waals surface area (Å²) >= 11 is 4.36. The highest BCUT2D eigenvalue weighted by Gasteiger charge is 2.49. The zero-order valence-corrected chi connectivity index (χ0v) is 13.6. The Morgan fingerprint density at radius 3 is 2.74 bits per heavy atom. The number of aliphatic hydroxyl groups is 2. The van der Waals surface area contributed by atoms with Gasteiger partial charge in [0.2, 0.25) is 0 Å². The van der Waals surface area contributed by atoms with Crippen molar-refractivity contribution < 1.29 is 29.3 Å². The number of rotatable bonds is 4. The van der Waals surface area contributed by atoms with Gasteiger partial charge in [-0.25, -0.2) is 4.79 Å². The smallest absolute Gasteiger partial charge is 0.351 e. The van der Waals surface area contributed by atoms with E-state index in [0.29, 0.717) is 5.56 Å². The Kier molecular flexibility index (Phi) is 4.92. The highest BCUT2D eigenvalue weighted by molar-refractivity contribution is 8.06. The van der Waals surface area contributed by atoms with Crippen LogP contribution in [0.2, 0.25) is 0 Å². The number of aliphatic hydroxyl groups excluding tert-OH is 2. The van der Waals surface area contributed by atoms with E-state index in [4.69, 9.17) is 15.0 Å². The topological polar surface area (TPSA) is 160 Å². The van der Waals surface area contributed by atoms with E-state index in [2.05, 4.69) is 23.4 Å². The molecule has 0 saturated carbocycles. The average molecular weight is 365 g/mol. The van der Waals surface area contributed by atoms with Crippen molar-refractivity contribution in [3.05, 3.63) is 34.6 Å². The lowest BCUT2D eigenvalue weighted by Crippen LogP contribution is -2.37. The average Bonchev–Trinajstić information content (AvgIpc) is 2.70. The summed E-state index contributed by atoms with van der Waals surface area (Å²) in [7, 11) is 0. The van der Waals surface area contributed by atoms with E-state index in [9.17, 15) is 24.8 Å². The van der Waals surface area contributed by atoms with E-state index in [1.54, 1.807) is 6.92 Å². The number of aromatic nitrogens is 2. The summed E-state index contributed by atoms with van der Waals surface area (Å²) in [4.78, 5) is 34.1. The zero-order chi connectivity index (χ0) is 17.5. The summed E-state index contributed by atoms with van der Waals surface area (Å²) in [6, 6.07) is 0. The van der Waals surface area contributed by atoms with Gasteiger partial charge >= 0.3 is 12.4 Å². The minimum Gasteiger partial charge on any atom is -0.510 e. The molecule has 0 aromatic carbocycles. The van der Waals surface area contributed by atoms with Gasteiger partial charge in [0.15, 0.2) is 6.23 Å². The second-order valence-corrected chi connectivity index (χ2v) is 7.61. The van der Waals surface area contributed by atoms with Gasteiger partial charge in [-0.05, 0) is 18.7 Å². The van der Waals surface area contributed by atoms with Crippen molar-refractivity contribution in [2.75, 3.05) is 5.73 Å². The van der Waals surface area contributed by atoms with Gasteiger partial charge in [-0.3, -0.25) is 9.09 Å². The normalized spacial score (nSPS) is 28.0. The van der Waals surface area contributed by atoms with Crippen LogP contribution in [0, 0.1) is 6.92 Å². The molecule has 1 saturated heterocycles. The van der Waals surface area contributed by atoms with Gasteiger partial charge in [-0.15, -0.1) is 0 Å². The maximum atomic E-state index is 11.9. The fourth-order valence-electron chi connectivity index (χ4n) is 2.19. The molecule has 2 heterocycles. The van der Waals surface area contributed by atoms with E-state index in [-0.39, 0.29) is 5.82 Å². The molecule has 2 rings (SSSR count). The lowest BCUT2D eigenvalue weighted by molar-refractivity contribution is -0.0387. The molecular weight excluding hydrogens is 349 g/mol. The summed E-state index contributed by atoms with van der Waals surface area (Å²) in [5.41, 5.74) is 5.19. The van der Waals surface area contributed by atoms with Gasteiger partial charge < -0.3 is 30.5 Å². The second kappa shape index (κ2) is 6.29. The lowest BCUT2D eigenvalue weighted by Gasteiger charge is -2.22. The third kappa shape index (κ3) is 3.78. The lowest BCUT2D eigenvalue weighted by atomic mass is 10.1. The molecule has 0 bridgehead atoms. The summed E-state index contributed by atoms with van der Waals surface area (Å²) in [5.74, 6) is -0.510. The van der Waals surface area contributed by atoms with E-state index < -0.39 is 42.7 Å². The Morgan fingerprint density at radius 2 is 2.22 bits per heavy atom. The Labute approximate surface area is 135 Å². The Balaban J connectivity index is 2.42. The molecule has 12 heteroatoms. The molecular formula is C11H16N3O7PS. The summed E-state index contributed by atoms with van der Waals surface area (Å²) < 4.78 is 11.1. The molecule has 1 fully saturated rings. The third-order valence-electron chi connectivity index (χ3n) is 3.25. The fourth-order valence-corrected chi connectivity index (χ4v) is 3.04. The predicted octanol–water partition coefficient (Wildman–Crippen LogP) is -0.942. The Morgan fingerprint density at radius 1 is 1.61 bits per heavy atom. The molecule has 1 aliphatic rings. The SMILES string of the molecule is C=C(O)[C@H]1O[C@@H](n2cc(C)c(N)nc2=O)[C@H](O)[C@@H]1OP(O)(O)=S. The molecule has 128 valence electrons.